The van der Waals surface area contributed by atoms with Crippen LogP contribution in [0.5, 0.6) is 17.2 Å². The minimum absolute atomic E-state index is 0.0920. The first-order chi connectivity index (χ1) is 20.1. The zero-order valence-corrected chi connectivity index (χ0v) is 25.7. The molecule has 0 saturated heterocycles. The fraction of sp³-hybridized carbons (Fsp3) is 0.355. The van der Waals surface area contributed by atoms with Crippen LogP contribution >= 0.6 is 0 Å². The number of amides is 2. The van der Waals surface area contributed by atoms with E-state index >= 15 is 0 Å². The van der Waals surface area contributed by atoms with Gasteiger partial charge in [0.15, 0.2) is 11.5 Å². The Labute approximate surface area is 248 Å². The van der Waals surface area contributed by atoms with Crippen molar-refractivity contribution in [2.24, 2.45) is 0 Å². The molecule has 0 unspecified atom stereocenters. The molecule has 0 spiro atoms. The maximum Gasteiger partial charge on any atom is 0.264 e. The molecule has 1 N–H and O–H groups in total. The molecule has 1 atom stereocenters. The molecule has 3 rings (SSSR count). The van der Waals surface area contributed by atoms with Gasteiger partial charge in [0.2, 0.25) is 11.8 Å². The van der Waals surface area contributed by atoms with Crippen LogP contribution in [0.2, 0.25) is 0 Å². The zero-order chi connectivity index (χ0) is 30.9. The topological polar surface area (TPSA) is 114 Å². The molecule has 0 saturated carbocycles. The lowest BCUT2D eigenvalue weighted by atomic mass is 10.1. The van der Waals surface area contributed by atoms with Gasteiger partial charge in [0.25, 0.3) is 10.0 Å². The highest BCUT2D eigenvalue weighted by Gasteiger charge is 2.34. The van der Waals surface area contributed by atoms with Gasteiger partial charge in [-0.1, -0.05) is 31.2 Å². The molecule has 0 fully saturated rings. The van der Waals surface area contributed by atoms with E-state index in [9.17, 15) is 18.0 Å². The summed E-state index contributed by atoms with van der Waals surface area (Å²) in [5, 5.41) is 2.63. The minimum atomic E-state index is -4.30. The summed E-state index contributed by atoms with van der Waals surface area (Å²) in [6.07, 6.45) is 0.336. The number of nitrogens with zero attached hydrogens (tertiary/aromatic N) is 2. The highest BCUT2D eigenvalue weighted by atomic mass is 32.2. The van der Waals surface area contributed by atoms with Crippen molar-refractivity contribution in [2.75, 3.05) is 38.7 Å². The number of nitrogens with one attached hydrogen (secondary N) is 1. The standard InChI is InChI=1S/C31H39N3O7S/c1-7-27(31(36)32-4)33(20-23-12-10-9-11-22(23)3)30(35)21-34(24-13-15-25(16-14-24)41-8-2)42(37,38)26-17-18-28(39-5)29(19-26)40-6/h9-19,27H,7-8,20-21H2,1-6H3,(H,32,36)/t27-/m1/s1. The predicted molar refractivity (Wildman–Crippen MR) is 162 cm³/mol. The lowest BCUT2D eigenvalue weighted by Gasteiger charge is -2.33. The molecule has 0 bridgehead atoms. The minimum Gasteiger partial charge on any atom is -0.494 e. The summed E-state index contributed by atoms with van der Waals surface area (Å²) in [6, 6.07) is 17.4. The smallest absolute Gasteiger partial charge is 0.264 e. The van der Waals surface area contributed by atoms with Crippen molar-refractivity contribution in [3.8, 4) is 17.2 Å². The van der Waals surface area contributed by atoms with Crippen LogP contribution in [0.15, 0.2) is 71.6 Å². The van der Waals surface area contributed by atoms with Gasteiger partial charge < -0.3 is 24.4 Å². The first kappa shape index (κ1) is 32.3. The maximum atomic E-state index is 14.2. The number of methoxy groups -OCH3 is 2. The Morgan fingerprint density at radius 3 is 2.17 bits per heavy atom. The number of benzene rings is 3. The van der Waals surface area contributed by atoms with E-state index in [1.807, 2.05) is 45.0 Å². The van der Waals surface area contributed by atoms with Crippen molar-refractivity contribution in [1.29, 1.82) is 0 Å². The van der Waals surface area contributed by atoms with Gasteiger partial charge in [-0.3, -0.25) is 13.9 Å². The quantitative estimate of drug-likeness (QED) is 0.297. The third-order valence-corrected chi connectivity index (χ3v) is 8.66. The number of hydrogen-bond donors (Lipinski definition) is 1. The molecule has 0 aliphatic carbocycles. The lowest BCUT2D eigenvalue weighted by molar-refractivity contribution is -0.140. The van der Waals surface area contributed by atoms with E-state index in [0.29, 0.717) is 24.5 Å². The van der Waals surface area contributed by atoms with E-state index in [1.165, 1.54) is 44.4 Å². The Morgan fingerprint density at radius 2 is 1.60 bits per heavy atom. The fourth-order valence-corrected chi connectivity index (χ4v) is 6.00. The average Bonchev–Trinajstić information content (AvgIpc) is 3.00. The highest BCUT2D eigenvalue weighted by molar-refractivity contribution is 7.92. The summed E-state index contributed by atoms with van der Waals surface area (Å²) in [7, 11) is 0.0801. The number of hydrogen-bond acceptors (Lipinski definition) is 7. The van der Waals surface area contributed by atoms with E-state index in [1.54, 1.807) is 24.3 Å². The Morgan fingerprint density at radius 1 is 0.929 bits per heavy atom. The lowest BCUT2D eigenvalue weighted by Crippen LogP contribution is -2.51. The summed E-state index contributed by atoms with van der Waals surface area (Å²) in [6.45, 7) is 5.60. The first-order valence-corrected chi connectivity index (χ1v) is 15.1. The van der Waals surface area contributed by atoms with Crippen molar-refractivity contribution in [3.63, 3.8) is 0 Å². The molecule has 0 aliphatic rings. The summed E-state index contributed by atoms with van der Waals surface area (Å²) >= 11 is 0. The molecular weight excluding hydrogens is 558 g/mol. The Bertz CT molecular complexity index is 1480. The van der Waals surface area contributed by atoms with E-state index in [4.69, 9.17) is 14.2 Å². The largest absolute Gasteiger partial charge is 0.494 e. The molecule has 0 radical (unpaired) electrons. The number of likely N-dealkylation sites (N-methyl/N-ethyl adjacent to an activating group) is 1. The van der Waals surface area contributed by atoms with Gasteiger partial charge >= 0.3 is 0 Å². The van der Waals surface area contributed by atoms with Crippen molar-refractivity contribution in [2.45, 2.75) is 44.7 Å². The maximum absolute atomic E-state index is 14.2. The van der Waals surface area contributed by atoms with Crippen LogP contribution in [0.3, 0.4) is 0 Å². The Hall–Kier alpha value is -4.25. The first-order valence-electron chi connectivity index (χ1n) is 13.6. The van der Waals surface area contributed by atoms with E-state index in [0.717, 1.165) is 15.4 Å². The molecule has 10 nitrogen and oxygen atoms in total. The van der Waals surface area contributed by atoms with Crippen molar-refractivity contribution >= 4 is 27.5 Å². The number of anilines is 1. The van der Waals surface area contributed by atoms with E-state index in [2.05, 4.69) is 5.32 Å². The number of sulfonamides is 1. The zero-order valence-electron chi connectivity index (χ0n) is 24.9. The van der Waals surface area contributed by atoms with Gasteiger partial charge in [0.1, 0.15) is 18.3 Å². The monoisotopic (exact) mass is 597 g/mol. The fourth-order valence-electron chi connectivity index (χ4n) is 4.57. The van der Waals surface area contributed by atoms with Gasteiger partial charge in [-0.2, -0.15) is 0 Å². The molecule has 2 amide bonds. The summed E-state index contributed by atoms with van der Waals surface area (Å²) in [4.78, 5) is 28.3. The van der Waals surface area contributed by atoms with Gasteiger partial charge in [-0.15, -0.1) is 0 Å². The molecule has 3 aromatic rings. The van der Waals surface area contributed by atoms with Crippen LogP contribution < -0.4 is 23.8 Å². The van der Waals surface area contributed by atoms with Gasteiger partial charge in [-0.05, 0) is 67.8 Å². The van der Waals surface area contributed by atoms with Crippen molar-refractivity contribution in [3.05, 3.63) is 77.9 Å². The molecular formula is C31H39N3O7S. The molecule has 0 aromatic heterocycles. The molecule has 11 heteroatoms. The second-order valence-corrected chi connectivity index (χ2v) is 11.3. The molecule has 0 heterocycles. The van der Waals surface area contributed by atoms with Crippen LogP contribution in [0.1, 0.15) is 31.4 Å². The molecule has 226 valence electrons. The molecule has 3 aromatic carbocycles. The number of aryl methyl sites for hydroxylation is 1. The number of carbonyl (C=O) groups excluding carboxylic acids is 2. The summed E-state index contributed by atoms with van der Waals surface area (Å²) in [5.41, 5.74) is 2.05. The van der Waals surface area contributed by atoms with E-state index < -0.39 is 28.5 Å². The third-order valence-electron chi connectivity index (χ3n) is 6.89. The second kappa shape index (κ2) is 14.6. The normalized spacial score (nSPS) is 11.8. The predicted octanol–water partition coefficient (Wildman–Crippen LogP) is 4.16. The highest BCUT2D eigenvalue weighted by Crippen LogP contribution is 2.33. The Balaban J connectivity index is 2.11. The van der Waals surface area contributed by atoms with Crippen LogP contribution in [-0.4, -0.2) is 65.6 Å². The van der Waals surface area contributed by atoms with Crippen molar-refractivity contribution < 1.29 is 32.2 Å². The van der Waals surface area contributed by atoms with Crippen LogP contribution in [0, 0.1) is 6.92 Å². The second-order valence-electron chi connectivity index (χ2n) is 9.44. The number of rotatable bonds is 14. The Kier molecular flexibility index (Phi) is 11.2. The van der Waals surface area contributed by atoms with Gasteiger partial charge in [0, 0.05) is 19.7 Å². The van der Waals surface area contributed by atoms with Crippen molar-refractivity contribution in [1.82, 2.24) is 10.2 Å². The summed E-state index contributed by atoms with van der Waals surface area (Å²) in [5.74, 6) is 0.272. The SMILES string of the molecule is CCOc1ccc(N(CC(=O)N(Cc2ccccc2C)[C@H](CC)C(=O)NC)S(=O)(=O)c2ccc(OC)c(OC)c2)cc1. The van der Waals surface area contributed by atoms with Crippen LogP contribution in [-0.2, 0) is 26.2 Å². The average molecular weight is 598 g/mol. The van der Waals surface area contributed by atoms with Gasteiger partial charge in [0.05, 0.1) is 31.4 Å². The summed E-state index contributed by atoms with van der Waals surface area (Å²) < 4.78 is 45.5. The van der Waals surface area contributed by atoms with E-state index in [-0.39, 0.29) is 28.8 Å². The van der Waals surface area contributed by atoms with Crippen LogP contribution in [0.4, 0.5) is 5.69 Å². The van der Waals surface area contributed by atoms with Crippen LogP contribution in [0.25, 0.3) is 0 Å². The molecule has 42 heavy (non-hydrogen) atoms. The number of ether oxygens (including phenoxy) is 3. The third kappa shape index (κ3) is 7.33. The van der Waals surface area contributed by atoms with Gasteiger partial charge in [-0.25, -0.2) is 8.42 Å². The molecule has 0 aliphatic heterocycles. The number of carbonyl (C=O) groups is 2.